The van der Waals surface area contributed by atoms with Gasteiger partial charge in [0.05, 0.1) is 10.7 Å². The minimum atomic E-state index is 0.0710. The van der Waals surface area contributed by atoms with Crippen LogP contribution in [-0.2, 0) is 4.79 Å². The molecule has 2 atom stereocenters. The molecule has 0 saturated heterocycles. The molecule has 2 unspecified atom stereocenters. The summed E-state index contributed by atoms with van der Waals surface area (Å²) in [4.78, 5) is 12.1. The number of anilines is 2. The summed E-state index contributed by atoms with van der Waals surface area (Å²) in [5.41, 5.74) is 6.85. The maximum atomic E-state index is 12.1. The Morgan fingerprint density at radius 2 is 2.24 bits per heavy atom. The van der Waals surface area contributed by atoms with E-state index in [4.69, 9.17) is 17.3 Å². The van der Waals surface area contributed by atoms with E-state index in [1.807, 2.05) is 0 Å². The van der Waals surface area contributed by atoms with Crippen LogP contribution in [0.15, 0.2) is 18.2 Å². The first kappa shape index (κ1) is 12.2. The van der Waals surface area contributed by atoms with Crippen molar-refractivity contribution in [3.05, 3.63) is 23.2 Å². The van der Waals surface area contributed by atoms with Gasteiger partial charge in [0.25, 0.3) is 0 Å². The second kappa shape index (κ2) is 4.96. The van der Waals surface area contributed by atoms with Crippen LogP contribution >= 0.6 is 11.6 Å². The van der Waals surface area contributed by atoms with Gasteiger partial charge in [-0.2, -0.15) is 0 Å². The predicted molar refractivity (Wildman–Crippen MR) is 71.0 cm³/mol. The van der Waals surface area contributed by atoms with Crippen molar-refractivity contribution in [1.29, 1.82) is 0 Å². The molecule has 1 saturated carbocycles. The topological polar surface area (TPSA) is 55.1 Å². The molecule has 3 nitrogen and oxygen atoms in total. The predicted octanol–water partition coefficient (Wildman–Crippen LogP) is 3.30. The van der Waals surface area contributed by atoms with Crippen molar-refractivity contribution in [2.24, 2.45) is 11.8 Å². The van der Waals surface area contributed by atoms with Crippen LogP contribution in [0.25, 0.3) is 0 Å². The summed E-state index contributed by atoms with van der Waals surface area (Å²) in [6, 6.07) is 5.13. The van der Waals surface area contributed by atoms with Gasteiger partial charge in [0.2, 0.25) is 5.91 Å². The van der Waals surface area contributed by atoms with Crippen molar-refractivity contribution in [2.75, 3.05) is 11.1 Å². The number of nitrogen functional groups attached to an aromatic ring is 1. The van der Waals surface area contributed by atoms with Crippen LogP contribution in [-0.4, -0.2) is 5.91 Å². The molecule has 0 radical (unpaired) electrons. The van der Waals surface area contributed by atoms with Crippen LogP contribution in [0.5, 0.6) is 0 Å². The smallest absolute Gasteiger partial charge is 0.227 e. The van der Waals surface area contributed by atoms with Gasteiger partial charge in [-0.25, -0.2) is 0 Å². The average molecular weight is 253 g/mol. The molecule has 0 spiro atoms. The number of amides is 1. The second-order valence-corrected chi connectivity index (χ2v) is 5.15. The SMILES string of the molecule is CC1CCCC1C(=O)Nc1ccc(N)cc1Cl. The highest BCUT2D eigenvalue weighted by Gasteiger charge is 2.29. The summed E-state index contributed by atoms with van der Waals surface area (Å²) in [6.45, 7) is 2.13. The molecule has 0 aliphatic heterocycles. The average Bonchev–Trinajstić information content (AvgIpc) is 2.68. The maximum Gasteiger partial charge on any atom is 0.227 e. The van der Waals surface area contributed by atoms with Gasteiger partial charge in [-0.3, -0.25) is 4.79 Å². The van der Waals surface area contributed by atoms with Crippen molar-refractivity contribution < 1.29 is 4.79 Å². The molecule has 1 fully saturated rings. The number of nitrogens with one attached hydrogen (secondary N) is 1. The highest BCUT2D eigenvalue weighted by molar-refractivity contribution is 6.34. The molecule has 1 amide bonds. The Labute approximate surface area is 106 Å². The lowest BCUT2D eigenvalue weighted by Crippen LogP contribution is -2.24. The van der Waals surface area contributed by atoms with E-state index in [1.165, 1.54) is 0 Å². The Hall–Kier alpha value is -1.22. The van der Waals surface area contributed by atoms with Crippen molar-refractivity contribution in [3.63, 3.8) is 0 Å². The fraction of sp³-hybridized carbons (Fsp3) is 0.462. The molecule has 4 heteroatoms. The molecule has 1 aromatic carbocycles. The van der Waals surface area contributed by atoms with E-state index in [0.29, 0.717) is 22.3 Å². The van der Waals surface area contributed by atoms with Crippen LogP contribution in [0.2, 0.25) is 5.02 Å². The lowest BCUT2D eigenvalue weighted by Gasteiger charge is -2.15. The highest BCUT2D eigenvalue weighted by Crippen LogP contribution is 2.33. The standard InChI is InChI=1S/C13H17ClN2O/c1-8-3-2-4-10(8)13(17)16-12-6-5-9(15)7-11(12)14/h5-8,10H,2-4,15H2,1H3,(H,16,17). The third kappa shape index (κ3) is 2.72. The number of carbonyl (C=O) groups is 1. The quantitative estimate of drug-likeness (QED) is 0.794. The molecule has 1 aromatic rings. The molecular formula is C13H17ClN2O. The number of nitrogens with two attached hydrogens (primary N) is 1. The van der Waals surface area contributed by atoms with Crippen LogP contribution in [0.4, 0.5) is 11.4 Å². The van der Waals surface area contributed by atoms with Gasteiger partial charge in [-0.05, 0) is 37.0 Å². The Morgan fingerprint density at radius 3 is 2.82 bits per heavy atom. The Kier molecular flexibility index (Phi) is 3.57. The number of hydrogen-bond donors (Lipinski definition) is 2. The summed E-state index contributed by atoms with van der Waals surface area (Å²) >= 11 is 6.02. The maximum absolute atomic E-state index is 12.1. The molecule has 0 bridgehead atoms. The van der Waals surface area contributed by atoms with Crippen molar-refractivity contribution in [2.45, 2.75) is 26.2 Å². The van der Waals surface area contributed by atoms with Crippen LogP contribution in [0.1, 0.15) is 26.2 Å². The van der Waals surface area contributed by atoms with E-state index in [9.17, 15) is 4.79 Å². The first-order valence-corrected chi connectivity index (χ1v) is 6.31. The Balaban J connectivity index is 2.07. The fourth-order valence-corrected chi connectivity index (χ4v) is 2.63. The van der Waals surface area contributed by atoms with Crippen molar-refractivity contribution >= 4 is 28.9 Å². The number of halogens is 1. The van der Waals surface area contributed by atoms with Gasteiger partial charge in [0, 0.05) is 11.6 Å². The molecule has 1 aliphatic rings. The normalized spacial score (nSPS) is 23.6. The number of benzene rings is 1. The molecule has 1 aliphatic carbocycles. The lowest BCUT2D eigenvalue weighted by atomic mass is 9.97. The van der Waals surface area contributed by atoms with Gasteiger partial charge in [0.15, 0.2) is 0 Å². The van der Waals surface area contributed by atoms with Crippen LogP contribution < -0.4 is 11.1 Å². The number of rotatable bonds is 2. The summed E-state index contributed by atoms with van der Waals surface area (Å²) in [6.07, 6.45) is 3.24. The van der Waals surface area contributed by atoms with E-state index in [0.717, 1.165) is 19.3 Å². The zero-order valence-corrected chi connectivity index (χ0v) is 10.6. The second-order valence-electron chi connectivity index (χ2n) is 4.74. The van der Waals surface area contributed by atoms with E-state index in [2.05, 4.69) is 12.2 Å². The van der Waals surface area contributed by atoms with E-state index < -0.39 is 0 Å². The van der Waals surface area contributed by atoms with Gasteiger partial charge in [-0.1, -0.05) is 24.9 Å². The summed E-state index contributed by atoms with van der Waals surface area (Å²) < 4.78 is 0. The Morgan fingerprint density at radius 1 is 1.47 bits per heavy atom. The minimum absolute atomic E-state index is 0.0710. The van der Waals surface area contributed by atoms with Gasteiger partial charge in [0.1, 0.15) is 0 Å². The first-order valence-electron chi connectivity index (χ1n) is 5.94. The minimum Gasteiger partial charge on any atom is -0.399 e. The number of carbonyl (C=O) groups excluding carboxylic acids is 1. The third-order valence-corrected chi connectivity index (χ3v) is 3.76. The third-order valence-electron chi connectivity index (χ3n) is 3.45. The molecule has 3 N–H and O–H groups in total. The first-order chi connectivity index (χ1) is 8.08. The van der Waals surface area contributed by atoms with Gasteiger partial charge >= 0.3 is 0 Å². The summed E-state index contributed by atoms with van der Waals surface area (Å²) in [5.74, 6) is 0.646. The van der Waals surface area contributed by atoms with Gasteiger partial charge < -0.3 is 11.1 Å². The fourth-order valence-electron chi connectivity index (χ4n) is 2.39. The van der Waals surface area contributed by atoms with Crippen LogP contribution in [0, 0.1) is 11.8 Å². The molecule has 92 valence electrons. The summed E-state index contributed by atoms with van der Waals surface area (Å²) in [7, 11) is 0. The van der Waals surface area contributed by atoms with E-state index in [1.54, 1.807) is 18.2 Å². The number of hydrogen-bond acceptors (Lipinski definition) is 2. The zero-order valence-electron chi connectivity index (χ0n) is 9.87. The van der Waals surface area contributed by atoms with Crippen molar-refractivity contribution in [1.82, 2.24) is 0 Å². The van der Waals surface area contributed by atoms with Gasteiger partial charge in [-0.15, -0.1) is 0 Å². The monoisotopic (exact) mass is 252 g/mol. The molecule has 0 heterocycles. The summed E-state index contributed by atoms with van der Waals surface area (Å²) in [5, 5.41) is 3.37. The molecule has 0 aromatic heterocycles. The van der Waals surface area contributed by atoms with Crippen LogP contribution in [0.3, 0.4) is 0 Å². The van der Waals surface area contributed by atoms with E-state index >= 15 is 0 Å². The molecule has 2 rings (SSSR count). The van der Waals surface area contributed by atoms with E-state index in [-0.39, 0.29) is 11.8 Å². The van der Waals surface area contributed by atoms with Crippen molar-refractivity contribution in [3.8, 4) is 0 Å². The highest BCUT2D eigenvalue weighted by atomic mass is 35.5. The molecular weight excluding hydrogens is 236 g/mol. The Bertz CT molecular complexity index is 433. The molecule has 17 heavy (non-hydrogen) atoms. The largest absolute Gasteiger partial charge is 0.399 e. The zero-order chi connectivity index (χ0) is 12.4. The lowest BCUT2D eigenvalue weighted by molar-refractivity contribution is -0.120.